The van der Waals surface area contributed by atoms with Crippen LogP contribution in [0.2, 0.25) is 0 Å². The van der Waals surface area contributed by atoms with E-state index < -0.39 is 10.1 Å². The van der Waals surface area contributed by atoms with E-state index in [4.69, 9.17) is 4.55 Å². The van der Waals surface area contributed by atoms with Gasteiger partial charge in [0.2, 0.25) is 0 Å². The molecule has 3 rings (SSSR count). The lowest BCUT2D eigenvalue weighted by Crippen LogP contribution is -2.43. The molecule has 0 radical (unpaired) electrons. The van der Waals surface area contributed by atoms with E-state index in [0.29, 0.717) is 23.9 Å². The molecular formula is C20H24NO4S+. The van der Waals surface area contributed by atoms with Crippen molar-refractivity contribution >= 4 is 32.7 Å². The zero-order valence-electron chi connectivity index (χ0n) is 15.1. The molecule has 26 heavy (non-hydrogen) atoms. The maximum Gasteiger partial charge on any atom is 0.264 e. The Morgan fingerprint density at radius 2 is 1.73 bits per heavy atom. The predicted molar refractivity (Wildman–Crippen MR) is 104 cm³/mol. The molecule has 2 aromatic carbocycles. The van der Waals surface area contributed by atoms with Crippen molar-refractivity contribution in [2.45, 2.75) is 12.8 Å². The average Bonchev–Trinajstić information content (AvgIpc) is 2.55. The third-order valence-corrected chi connectivity index (χ3v) is 5.62. The Kier molecular flexibility index (Phi) is 5.01. The molecule has 0 aromatic heterocycles. The molecule has 1 N–H and O–H groups in total. The summed E-state index contributed by atoms with van der Waals surface area (Å²) in [5.74, 6) is -0.150. The second-order valence-corrected chi connectivity index (χ2v) is 9.13. The first-order valence-electron chi connectivity index (χ1n) is 8.70. The minimum atomic E-state index is -3.91. The van der Waals surface area contributed by atoms with Gasteiger partial charge >= 0.3 is 0 Å². The van der Waals surface area contributed by atoms with Gasteiger partial charge in [0.1, 0.15) is 6.54 Å². The number of hydrogen-bond acceptors (Lipinski definition) is 3. The summed E-state index contributed by atoms with van der Waals surface area (Å²) in [4.78, 5) is 13.0. The molecule has 0 saturated carbocycles. The molecule has 0 spiro atoms. The molecule has 0 fully saturated rings. The van der Waals surface area contributed by atoms with Gasteiger partial charge in [0.15, 0.2) is 5.78 Å². The number of nitrogens with zero attached hydrogens (tertiary/aromatic N) is 1. The summed E-state index contributed by atoms with van der Waals surface area (Å²) in [5.41, 5.74) is 2.59. The molecule has 0 saturated heterocycles. The van der Waals surface area contributed by atoms with Crippen LogP contribution in [0.3, 0.4) is 0 Å². The van der Waals surface area contributed by atoms with E-state index in [0.717, 1.165) is 34.0 Å². The number of likely N-dealkylation sites (N-methyl/N-ethyl adjacent to an activating group) is 1. The van der Waals surface area contributed by atoms with E-state index in [-0.39, 0.29) is 11.5 Å². The first-order chi connectivity index (χ1) is 12.2. The maximum atomic E-state index is 13.0. The molecule has 0 atom stereocenters. The summed E-state index contributed by atoms with van der Waals surface area (Å²) < 4.78 is 31.0. The Morgan fingerprint density at radius 1 is 1.04 bits per heavy atom. The van der Waals surface area contributed by atoms with Gasteiger partial charge in [-0.05, 0) is 29.9 Å². The number of quaternary nitrogens is 1. The summed E-state index contributed by atoms with van der Waals surface area (Å²) in [7, 11) is 0.155. The Bertz CT molecular complexity index is 985. The van der Waals surface area contributed by atoms with Crippen molar-refractivity contribution in [1.82, 2.24) is 0 Å². The molecule has 138 valence electrons. The summed E-state index contributed by atoms with van der Waals surface area (Å²) in [5, 5.41) is 2.09. The second kappa shape index (κ2) is 6.95. The zero-order chi connectivity index (χ0) is 18.9. The van der Waals surface area contributed by atoms with Crippen LogP contribution in [0.1, 0.15) is 28.8 Å². The topological polar surface area (TPSA) is 71.4 Å². The van der Waals surface area contributed by atoms with Crippen LogP contribution in [-0.4, -0.2) is 56.2 Å². The number of unbranched alkanes of at least 4 members (excludes halogenated alkanes) is 1. The lowest BCUT2D eigenvalue weighted by molar-refractivity contribution is -0.885. The number of ketones is 1. The summed E-state index contributed by atoms with van der Waals surface area (Å²) in [6, 6.07) is 11.9. The molecule has 0 heterocycles. The first kappa shape index (κ1) is 18.8. The number of rotatable bonds is 7. The maximum absolute atomic E-state index is 13.0. The predicted octanol–water partition coefficient (Wildman–Crippen LogP) is 3.16. The van der Waals surface area contributed by atoms with Crippen LogP contribution >= 0.6 is 0 Å². The van der Waals surface area contributed by atoms with Gasteiger partial charge in [-0.15, -0.1) is 0 Å². The van der Waals surface area contributed by atoms with Gasteiger partial charge in [0.05, 0.1) is 32.0 Å². The number of carbonyl (C=O) groups excluding carboxylic acids is 1. The van der Waals surface area contributed by atoms with Gasteiger partial charge in [-0.3, -0.25) is 9.35 Å². The van der Waals surface area contributed by atoms with Crippen molar-refractivity contribution in [2.24, 2.45) is 0 Å². The molecule has 6 heteroatoms. The Hall–Kier alpha value is -2.02. The van der Waals surface area contributed by atoms with Gasteiger partial charge < -0.3 is 4.48 Å². The number of benzene rings is 2. The normalized spacial score (nSPS) is 14.6. The van der Waals surface area contributed by atoms with Crippen molar-refractivity contribution in [2.75, 3.05) is 32.9 Å². The molecule has 5 nitrogen and oxygen atoms in total. The molecule has 1 aliphatic carbocycles. The van der Waals surface area contributed by atoms with Crippen LogP contribution in [-0.2, 0) is 10.1 Å². The fourth-order valence-corrected chi connectivity index (χ4v) is 4.16. The molecule has 0 unspecified atom stereocenters. The van der Waals surface area contributed by atoms with Crippen molar-refractivity contribution < 1.29 is 22.2 Å². The SMILES string of the molecule is C[N+](C)(CCCCS(=O)(=O)O)CC1=Cc2cccc3cccc(c23)C1=O. The minimum Gasteiger partial charge on any atom is -0.325 e. The lowest BCUT2D eigenvalue weighted by atomic mass is 9.87. The smallest absolute Gasteiger partial charge is 0.264 e. The molecular weight excluding hydrogens is 350 g/mol. The minimum absolute atomic E-state index is 0.0680. The van der Waals surface area contributed by atoms with Crippen LogP contribution in [0, 0.1) is 0 Å². The molecule has 0 aliphatic heterocycles. The fraction of sp³-hybridized carbons (Fsp3) is 0.350. The third-order valence-electron chi connectivity index (χ3n) is 4.82. The quantitative estimate of drug-likeness (QED) is 0.459. The van der Waals surface area contributed by atoms with Gasteiger partial charge in [-0.25, -0.2) is 0 Å². The zero-order valence-corrected chi connectivity index (χ0v) is 15.9. The summed E-state index contributed by atoms with van der Waals surface area (Å²) in [6.07, 6.45) is 3.06. The standard InChI is InChI=1S/C20H23NO4S/c1-21(2,11-3-4-12-26(23,24)25)14-17-13-16-9-5-7-15-8-6-10-18(19(15)16)20(17)22/h5-10,13H,3-4,11-12,14H2,1-2H3/p+1. The van der Waals surface area contributed by atoms with E-state index >= 15 is 0 Å². The number of carbonyl (C=O) groups is 1. The van der Waals surface area contributed by atoms with Crippen molar-refractivity contribution in [3.8, 4) is 0 Å². The number of Topliss-reactive ketones (excluding diaryl/α,β-unsaturated/α-hetero) is 1. The largest absolute Gasteiger partial charge is 0.325 e. The van der Waals surface area contributed by atoms with Gasteiger partial charge in [0.25, 0.3) is 10.1 Å². The monoisotopic (exact) mass is 374 g/mol. The van der Waals surface area contributed by atoms with E-state index in [9.17, 15) is 13.2 Å². The van der Waals surface area contributed by atoms with Crippen LogP contribution in [0.4, 0.5) is 0 Å². The van der Waals surface area contributed by atoms with Gasteiger partial charge in [0, 0.05) is 10.9 Å². The Morgan fingerprint density at radius 3 is 2.42 bits per heavy atom. The van der Waals surface area contributed by atoms with E-state index in [2.05, 4.69) is 0 Å². The second-order valence-electron chi connectivity index (χ2n) is 7.56. The van der Waals surface area contributed by atoms with E-state index in [1.807, 2.05) is 56.6 Å². The van der Waals surface area contributed by atoms with Crippen molar-refractivity contribution in [3.05, 3.63) is 53.1 Å². The van der Waals surface area contributed by atoms with Crippen LogP contribution in [0.25, 0.3) is 16.8 Å². The number of hydrogen-bond donors (Lipinski definition) is 1. The highest BCUT2D eigenvalue weighted by atomic mass is 32.2. The third kappa shape index (κ3) is 4.20. The highest BCUT2D eigenvalue weighted by Crippen LogP contribution is 2.31. The average molecular weight is 374 g/mol. The molecule has 0 amide bonds. The van der Waals surface area contributed by atoms with Crippen molar-refractivity contribution in [1.29, 1.82) is 0 Å². The Labute approximate surface area is 154 Å². The molecule has 2 aromatic rings. The van der Waals surface area contributed by atoms with Gasteiger partial charge in [-0.2, -0.15) is 8.42 Å². The van der Waals surface area contributed by atoms with Crippen molar-refractivity contribution in [3.63, 3.8) is 0 Å². The van der Waals surface area contributed by atoms with Crippen LogP contribution < -0.4 is 0 Å². The summed E-state index contributed by atoms with van der Waals surface area (Å²) >= 11 is 0. The summed E-state index contributed by atoms with van der Waals surface area (Å²) in [6.45, 7) is 1.31. The van der Waals surface area contributed by atoms with E-state index in [1.54, 1.807) is 0 Å². The van der Waals surface area contributed by atoms with E-state index in [1.165, 1.54) is 0 Å². The Balaban J connectivity index is 1.76. The highest BCUT2D eigenvalue weighted by molar-refractivity contribution is 7.85. The molecule has 1 aliphatic rings. The lowest BCUT2D eigenvalue weighted by Gasteiger charge is -2.31. The molecule has 0 bridgehead atoms. The first-order valence-corrected chi connectivity index (χ1v) is 10.3. The van der Waals surface area contributed by atoms with Crippen LogP contribution in [0.5, 0.6) is 0 Å². The highest BCUT2D eigenvalue weighted by Gasteiger charge is 2.27. The van der Waals surface area contributed by atoms with Crippen LogP contribution in [0.15, 0.2) is 42.0 Å². The van der Waals surface area contributed by atoms with Gasteiger partial charge in [-0.1, -0.05) is 36.4 Å². The fourth-order valence-electron chi connectivity index (χ4n) is 3.59.